The predicted molar refractivity (Wildman–Crippen MR) is 165 cm³/mol. The maximum absolute atomic E-state index is 13.6. The highest BCUT2D eigenvalue weighted by atomic mass is 32.2. The maximum atomic E-state index is 13.6. The van der Waals surface area contributed by atoms with E-state index in [1.165, 1.54) is 36.4 Å². The fraction of sp³-hybridized carbons (Fsp3) is 0.194. The van der Waals surface area contributed by atoms with Crippen molar-refractivity contribution in [3.05, 3.63) is 108 Å². The van der Waals surface area contributed by atoms with E-state index < -0.39 is 32.5 Å². The Morgan fingerprint density at radius 1 is 0.762 bits per heavy atom. The monoisotopic (exact) mass is 607 g/mol. The van der Waals surface area contributed by atoms with Gasteiger partial charge in [0, 0.05) is 5.69 Å². The first-order valence-electron chi connectivity index (χ1n) is 13.2. The van der Waals surface area contributed by atoms with Crippen molar-refractivity contribution in [2.24, 2.45) is 0 Å². The molecule has 0 aromatic heterocycles. The minimum Gasteiger partial charge on any atom is -0.494 e. The Bertz CT molecular complexity index is 1770. The topological polar surface area (TPSA) is 122 Å². The molecule has 4 rings (SSSR count). The molecule has 42 heavy (non-hydrogen) atoms. The quantitative estimate of drug-likeness (QED) is 0.227. The average molecular weight is 608 g/mol. The summed E-state index contributed by atoms with van der Waals surface area (Å²) in [6, 6.07) is 23.8. The number of anilines is 3. The number of aryl methyl sites for hydroxylation is 3. The summed E-state index contributed by atoms with van der Waals surface area (Å²) in [5, 5.41) is 2.67. The average Bonchev–Trinajstić information content (AvgIpc) is 2.94. The molecule has 0 atom stereocenters. The van der Waals surface area contributed by atoms with Crippen LogP contribution in [0.5, 0.6) is 5.75 Å². The molecule has 4 aromatic rings. The molecular weight excluding hydrogens is 574 g/mol. The van der Waals surface area contributed by atoms with Crippen LogP contribution in [0.3, 0.4) is 0 Å². The summed E-state index contributed by atoms with van der Waals surface area (Å²) < 4.78 is 62.2. The van der Waals surface area contributed by atoms with Crippen LogP contribution in [0.1, 0.15) is 23.6 Å². The van der Waals surface area contributed by atoms with E-state index in [0.29, 0.717) is 23.7 Å². The SMILES string of the molecule is CCOc1ccc(N(CC(=O)Nc2ccc(S(=O)(=O)Nc3ccc(C)cc3C)cc2)S(=O)(=O)c2ccc(C)cc2)cc1. The second kappa shape index (κ2) is 12.7. The Hall–Kier alpha value is -4.35. The minimum atomic E-state index is -4.10. The Morgan fingerprint density at radius 2 is 1.36 bits per heavy atom. The molecule has 9 nitrogen and oxygen atoms in total. The third kappa shape index (κ3) is 7.29. The van der Waals surface area contributed by atoms with Crippen molar-refractivity contribution in [3.63, 3.8) is 0 Å². The first kappa shape index (κ1) is 30.6. The van der Waals surface area contributed by atoms with E-state index in [4.69, 9.17) is 4.74 Å². The van der Waals surface area contributed by atoms with Crippen molar-refractivity contribution in [2.75, 3.05) is 27.5 Å². The number of ether oxygens (including phenoxy) is 1. The molecule has 0 aliphatic rings. The number of sulfonamides is 2. The van der Waals surface area contributed by atoms with Gasteiger partial charge in [0.1, 0.15) is 12.3 Å². The van der Waals surface area contributed by atoms with Crippen molar-refractivity contribution in [2.45, 2.75) is 37.5 Å². The van der Waals surface area contributed by atoms with Gasteiger partial charge in [-0.05, 0) is 100.0 Å². The molecule has 0 saturated carbocycles. The highest BCUT2D eigenvalue weighted by Gasteiger charge is 2.27. The summed E-state index contributed by atoms with van der Waals surface area (Å²) in [6.07, 6.45) is 0. The predicted octanol–water partition coefficient (Wildman–Crippen LogP) is 5.65. The lowest BCUT2D eigenvalue weighted by Gasteiger charge is -2.24. The number of rotatable bonds is 11. The number of amides is 1. The van der Waals surface area contributed by atoms with Crippen LogP contribution < -0.4 is 19.1 Å². The second-order valence-corrected chi connectivity index (χ2v) is 13.3. The van der Waals surface area contributed by atoms with Gasteiger partial charge in [-0.25, -0.2) is 16.8 Å². The first-order valence-corrected chi connectivity index (χ1v) is 16.1. The molecule has 0 aliphatic carbocycles. The molecule has 2 N–H and O–H groups in total. The Morgan fingerprint density at radius 3 is 1.95 bits per heavy atom. The van der Waals surface area contributed by atoms with Crippen LogP contribution in [-0.2, 0) is 24.8 Å². The van der Waals surface area contributed by atoms with Crippen LogP contribution in [0.15, 0.2) is 101 Å². The zero-order chi connectivity index (χ0) is 30.5. The summed E-state index contributed by atoms with van der Waals surface area (Å²) in [7, 11) is -7.97. The van der Waals surface area contributed by atoms with Crippen molar-refractivity contribution < 1.29 is 26.4 Å². The molecular formula is C31H33N3O6S2. The Balaban J connectivity index is 1.53. The van der Waals surface area contributed by atoms with Crippen LogP contribution in [0.2, 0.25) is 0 Å². The van der Waals surface area contributed by atoms with Gasteiger partial charge in [-0.1, -0.05) is 35.4 Å². The highest BCUT2D eigenvalue weighted by Crippen LogP contribution is 2.27. The van der Waals surface area contributed by atoms with Gasteiger partial charge < -0.3 is 10.1 Å². The summed E-state index contributed by atoms with van der Waals surface area (Å²) in [5.74, 6) is -0.0379. The normalized spacial score (nSPS) is 11.5. The van der Waals surface area contributed by atoms with Crippen molar-refractivity contribution in [3.8, 4) is 5.75 Å². The number of hydrogen-bond donors (Lipinski definition) is 2. The van der Waals surface area contributed by atoms with E-state index in [2.05, 4.69) is 10.0 Å². The van der Waals surface area contributed by atoms with Gasteiger partial charge in [0.25, 0.3) is 20.0 Å². The molecule has 0 saturated heterocycles. The van der Waals surface area contributed by atoms with E-state index in [0.717, 1.165) is 21.0 Å². The smallest absolute Gasteiger partial charge is 0.264 e. The number of carbonyl (C=O) groups is 1. The molecule has 0 unspecified atom stereocenters. The van der Waals surface area contributed by atoms with E-state index in [1.54, 1.807) is 42.5 Å². The van der Waals surface area contributed by atoms with Gasteiger partial charge >= 0.3 is 0 Å². The molecule has 0 aliphatic heterocycles. The molecule has 0 spiro atoms. The largest absolute Gasteiger partial charge is 0.494 e. The number of benzene rings is 4. The summed E-state index contributed by atoms with van der Waals surface area (Å²) in [5.41, 5.74) is 3.78. The van der Waals surface area contributed by atoms with Gasteiger partial charge in [-0.2, -0.15) is 0 Å². The first-order chi connectivity index (χ1) is 19.9. The minimum absolute atomic E-state index is 0.0124. The van der Waals surface area contributed by atoms with Gasteiger partial charge in [0.15, 0.2) is 0 Å². The molecule has 4 aromatic carbocycles. The fourth-order valence-electron chi connectivity index (χ4n) is 4.21. The van der Waals surface area contributed by atoms with Crippen LogP contribution >= 0.6 is 0 Å². The Labute approximate surface area is 247 Å². The van der Waals surface area contributed by atoms with Gasteiger partial charge in [0.05, 0.1) is 27.8 Å². The molecule has 1 amide bonds. The van der Waals surface area contributed by atoms with Crippen LogP contribution in [0.25, 0.3) is 0 Å². The van der Waals surface area contributed by atoms with Crippen molar-refractivity contribution in [1.82, 2.24) is 0 Å². The highest BCUT2D eigenvalue weighted by molar-refractivity contribution is 7.93. The lowest BCUT2D eigenvalue weighted by Crippen LogP contribution is -2.38. The van der Waals surface area contributed by atoms with Crippen molar-refractivity contribution in [1.29, 1.82) is 0 Å². The van der Waals surface area contributed by atoms with Gasteiger partial charge in [-0.3, -0.25) is 13.8 Å². The molecule has 11 heteroatoms. The van der Waals surface area contributed by atoms with Crippen LogP contribution in [0.4, 0.5) is 17.1 Å². The molecule has 0 fully saturated rings. The van der Waals surface area contributed by atoms with E-state index in [1.807, 2.05) is 39.8 Å². The zero-order valence-corrected chi connectivity index (χ0v) is 25.4. The molecule has 0 heterocycles. The number of nitrogens with one attached hydrogen (secondary N) is 2. The second-order valence-electron chi connectivity index (χ2n) is 9.75. The van der Waals surface area contributed by atoms with Crippen LogP contribution in [-0.4, -0.2) is 35.9 Å². The lowest BCUT2D eigenvalue weighted by atomic mass is 10.1. The summed E-state index contributed by atoms with van der Waals surface area (Å²) >= 11 is 0. The van der Waals surface area contributed by atoms with Crippen LogP contribution in [0, 0.1) is 20.8 Å². The zero-order valence-electron chi connectivity index (χ0n) is 23.8. The Kier molecular flexibility index (Phi) is 9.23. The van der Waals surface area contributed by atoms with E-state index in [9.17, 15) is 21.6 Å². The number of nitrogens with zero attached hydrogens (tertiary/aromatic N) is 1. The fourth-order valence-corrected chi connectivity index (χ4v) is 6.76. The third-order valence-electron chi connectivity index (χ3n) is 6.41. The standard InChI is InChI=1S/C31H33N3O6S2/c1-5-40-27-13-11-26(12-14-27)34(42(38,39)29-15-6-22(2)7-16-29)21-31(35)32-25-9-17-28(18-10-25)41(36,37)33-30-19-8-23(3)20-24(30)4/h6-20,33H,5,21H2,1-4H3,(H,32,35). The summed E-state index contributed by atoms with van der Waals surface area (Å²) in [6.45, 7) is 7.38. The maximum Gasteiger partial charge on any atom is 0.264 e. The third-order valence-corrected chi connectivity index (χ3v) is 9.58. The van der Waals surface area contributed by atoms with Gasteiger partial charge in [-0.15, -0.1) is 0 Å². The lowest BCUT2D eigenvalue weighted by molar-refractivity contribution is -0.114. The number of carbonyl (C=O) groups excluding carboxylic acids is 1. The molecule has 220 valence electrons. The van der Waals surface area contributed by atoms with Crippen molar-refractivity contribution >= 4 is 43.0 Å². The van der Waals surface area contributed by atoms with E-state index in [-0.39, 0.29) is 15.5 Å². The molecule has 0 radical (unpaired) electrons. The van der Waals surface area contributed by atoms with E-state index >= 15 is 0 Å². The summed E-state index contributed by atoms with van der Waals surface area (Å²) in [4.78, 5) is 13.2. The van der Waals surface area contributed by atoms with Gasteiger partial charge in [0.2, 0.25) is 5.91 Å². The number of hydrogen-bond acceptors (Lipinski definition) is 6. The molecule has 0 bridgehead atoms.